The molecule has 17 heavy (non-hydrogen) atoms. The lowest BCUT2D eigenvalue weighted by Crippen LogP contribution is -2.12. The Hall–Kier alpha value is -0.770. The average molecular weight is 259 g/mol. The summed E-state index contributed by atoms with van der Waals surface area (Å²) in [4.78, 5) is 0. The van der Waals surface area contributed by atoms with Gasteiger partial charge in [-0.05, 0) is 39.0 Å². The topological polar surface area (TPSA) is 38.7 Å². The van der Waals surface area contributed by atoms with Crippen LogP contribution >= 0.6 is 11.6 Å². The zero-order valence-electron chi connectivity index (χ0n) is 10.4. The Bertz CT molecular complexity index is 351. The van der Waals surface area contributed by atoms with Crippen molar-refractivity contribution in [3.05, 3.63) is 28.8 Å². The number of benzene rings is 1. The van der Waals surface area contributed by atoms with Crippen LogP contribution in [0.4, 0.5) is 0 Å². The lowest BCUT2D eigenvalue weighted by Gasteiger charge is -2.14. The number of hydrogen-bond donors (Lipinski definition) is 1. The van der Waals surface area contributed by atoms with Gasteiger partial charge in [0.15, 0.2) is 0 Å². The number of halogens is 1. The van der Waals surface area contributed by atoms with Gasteiger partial charge in [0, 0.05) is 10.6 Å². The van der Waals surface area contributed by atoms with Gasteiger partial charge in [-0.3, -0.25) is 0 Å². The van der Waals surface area contributed by atoms with E-state index in [4.69, 9.17) is 21.1 Å². The van der Waals surface area contributed by atoms with Crippen molar-refractivity contribution >= 4 is 11.6 Å². The molecule has 0 saturated heterocycles. The van der Waals surface area contributed by atoms with Crippen LogP contribution < -0.4 is 4.74 Å². The molecule has 0 aliphatic carbocycles. The third kappa shape index (κ3) is 4.94. The summed E-state index contributed by atoms with van der Waals surface area (Å²) in [7, 11) is 0. The molecule has 3 nitrogen and oxygen atoms in total. The van der Waals surface area contributed by atoms with E-state index in [1.54, 1.807) is 25.1 Å². The molecule has 1 rings (SSSR count). The molecule has 0 saturated carbocycles. The fourth-order valence-corrected chi connectivity index (χ4v) is 1.59. The van der Waals surface area contributed by atoms with Crippen LogP contribution in [0.25, 0.3) is 0 Å². The molecule has 4 heteroatoms. The molecule has 0 heterocycles. The van der Waals surface area contributed by atoms with E-state index < -0.39 is 6.10 Å². The number of aliphatic hydroxyl groups is 1. The average Bonchev–Trinajstić information content (AvgIpc) is 2.25. The van der Waals surface area contributed by atoms with Crippen molar-refractivity contribution < 1.29 is 14.6 Å². The molecular formula is C13H19ClO3. The van der Waals surface area contributed by atoms with Crippen LogP contribution in [0, 0.1) is 0 Å². The summed E-state index contributed by atoms with van der Waals surface area (Å²) in [6.45, 7) is 6.62. The van der Waals surface area contributed by atoms with E-state index in [0.29, 0.717) is 29.5 Å². The van der Waals surface area contributed by atoms with Gasteiger partial charge in [-0.1, -0.05) is 11.6 Å². The van der Waals surface area contributed by atoms with Gasteiger partial charge in [-0.2, -0.15) is 0 Å². The third-order valence-electron chi connectivity index (χ3n) is 2.21. The van der Waals surface area contributed by atoms with Crippen molar-refractivity contribution in [2.45, 2.75) is 33.0 Å². The van der Waals surface area contributed by atoms with Crippen LogP contribution in [0.5, 0.6) is 5.75 Å². The lowest BCUT2D eigenvalue weighted by molar-refractivity contribution is 0.0544. The SMILES string of the molecule is CC(C)OCCOc1ccc(Cl)cc1C(C)O. The summed E-state index contributed by atoms with van der Waals surface area (Å²) in [6.07, 6.45) is -0.408. The van der Waals surface area contributed by atoms with Crippen molar-refractivity contribution in [3.8, 4) is 5.75 Å². The Morgan fingerprint density at radius 2 is 1.94 bits per heavy atom. The fourth-order valence-electron chi connectivity index (χ4n) is 1.41. The number of ether oxygens (including phenoxy) is 2. The van der Waals surface area contributed by atoms with Gasteiger partial charge in [-0.15, -0.1) is 0 Å². The highest BCUT2D eigenvalue weighted by Gasteiger charge is 2.09. The number of aliphatic hydroxyl groups excluding tert-OH is 1. The molecule has 1 aromatic rings. The Morgan fingerprint density at radius 3 is 2.53 bits per heavy atom. The molecule has 0 radical (unpaired) electrons. The molecule has 1 aromatic carbocycles. The molecule has 1 N–H and O–H groups in total. The number of hydrogen-bond acceptors (Lipinski definition) is 3. The highest BCUT2D eigenvalue weighted by atomic mass is 35.5. The standard InChI is InChI=1S/C13H19ClO3/c1-9(2)16-6-7-17-13-5-4-11(14)8-12(13)10(3)15/h4-5,8-10,15H,6-7H2,1-3H3. The van der Waals surface area contributed by atoms with Gasteiger partial charge < -0.3 is 14.6 Å². The molecule has 0 aliphatic heterocycles. The maximum Gasteiger partial charge on any atom is 0.125 e. The smallest absolute Gasteiger partial charge is 0.125 e. The minimum Gasteiger partial charge on any atom is -0.491 e. The first kappa shape index (κ1) is 14.3. The summed E-state index contributed by atoms with van der Waals surface area (Å²) in [5.41, 5.74) is 0.696. The van der Waals surface area contributed by atoms with E-state index in [1.165, 1.54) is 0 Å². The number of rotatable bonds is 6. The second kappa shape index (κ2) is 6.84. The van der Waals surface area contributed by atoms with Crippen molar-refractivity contribution in [3.63, 3.8) is 0 Å². The first-order chi connectivity index (χ1) is 8.00. The minimum atomic E-state index is -0.602. The van der Waals surface area contributed by atoms with E-state index in [9.17, 15) is 5.11 Å². The van der Waals surface area contributed by atoms with Crippen LogP contribution in [0.2, 0.25) is 5.02 Å². The summed E-state index contributed by atoms with van der Waals surface area (Å²) in [5, 5.41) is 10.2. The molecule has 0 aromatic heterocycles. The minimum absolute atomic E-state index is 0.194. The van der Waals surface area contributed by atoms with Crippen LogP contribution in [0.1, 0.15) is 32.4 Å². The zero-order valence-corrected chi connectivity index (χ0v) is 11.2. The van der Waals surface area contributed by atoms with Crippen molar-refractivity contribution in [1.82, 2.24) is 0 Å². The first-order valence-electron chi connectivity index (χ1n) is 5.72. The second-order valence-corrected chi connectivity index (χ2v) is 4.56. The predicted molar refractivity (Wildman–Crippen MR) is 68.7 cm³/mol. The lowest BCUT2D eigenvalue weighted by atomic mass is 10.1. The Morgan fingerprint density at radius 1 is 1.24 bits per heavy atom. The van der Waals surface area contributed by atoms with Gasteiger partial charge in [0.05, 0.1) is 18.8 Å². The van der Waals surface area contributed by atoms with Crippen molar-refractivity contribution in [2.24, 2.45) is 0 Å². The summed E-state index contributed by atoms with van der Waals surface area (Å²) in [5.74, 6) is 0.650. The summed E-state index contributed by atoms with van der Waals surface area (Å²) in [6, 6.07) is 5.22. The molecule has 96 valence electrons. The second-order valence-electron chi connectivity index (χ2n) is 4.13. The van der Waals surface area contributed by atoms with Gasteiger partial charge in [0.1, 0.15) is 12.4 Å². The largest absolute Gasteiger partial charge is 0.491 e. The van der Waals surface area contributed by atoms with E-state index in [1.807, 2.05) is 13.8 Å². The molecular weight excluding hydrogens is 240 g/mol. The van der Waals surface area contributed by atoms with Crippen LogP contribution in [0.3, 0.4) is 0 Å². The predicted octanol–water partition coefficient (Wildman–Crippen LogP) is 3.20. The van der Waals surface area contributed by atoms with E-state index >= 15 is 0 Å². The third-order valence-corrected chi connectivity index (χ3v) is 2.45. The molecule has 0 fully saturated rings. The molecule has 1 atom stereocenters. The van der Waals surface area contributed by atoms with Crippen LogP contribution in [0.15, 0.2) is 18.2 Å². The monoisotopic (exact) mass is 258 g/mol. The molecule has 0 amide bonds. The molecule has 1 unspecified atom stereocenters. The van der Waals surface area contributed by atoms with Gasteiger partial charge in [0.2, 0.25) is 0 Å². The quantitative estimate of drug-likeness (QED) is 0.797. The molecule has 0 bridgehead atoms. The van der Waals surface area contributed by atoms with Crippen molar-refractivity contribution in [1.29, 1.82) is 0 Å². The normalized spacial score (nSPS) is 12.8. The Balaban J connectivity index is 2.58. The maximum atomic E-state index is 9.60. The van der Waals surface area contributed by atoms with Gasteiger partial charge >= 0.3 is 0 Å². The van der Waals surface area contributed by atoms with Crippen LogP contribution in [-0.4, -0.2) is 24.4 Å². The maximum absolute atomic E-state index is 9.60. The fraction of sp³-hybridized carbons (Fsp3) is 0.538. The Labute approximate surface area is 107 Å². The van der Waals surface area contributed by atoms with Crippen LogP contribution in [-0.2, 0) is 4.74 Å². The molecule has 0 aliphatic rings. The van der Waals surface area contributed by atoms with E-state index in [2.05, 4.69) is 0 Å². The highest BCUT2D eigenvalue weighted by Crippen LogP contribution is 2.28. The van der Waals surface area contributed by atoms with E-state index in [0.717, 1.165) is 0 Å². The van der Waals surface area contributed by atoms with Gasteiger partial charge in [-0.25, -0.2) is 0 Å². The zero-order chi connectivity index (χ0) is 12.8. The molecule has 0 spiro atoms. The van der Waals surface area contributed by atoms with Crippen molar-refractivity contribution in [2.75, 3.05) is 13.2 Å². The van der Waals surface area contributed by atoms with E-state index in [-0.39, 0.29) is 6.10 Å². The summed E-state index contributed by atoms with van der Waals surface area (Å²) >= 11 is 5.87. The summed E-state index contributed by atoms with van der Waals surface area (Å²) < 4.78 is 10.9. The Kier molecular flexibility index (Phi) is 5.75. The first-order valence-corrected chi connectivity index (χ1v) is 6.10. The highest BCUT2D eigenvalue weighted by molar-refractivity contribution is 6.30. The van der Waals surface area contributed by atoms with Gasteiger partial charge in [0.25, 0.3) is 0 Å².